The van der Waals surface area contributed by atoms with E-state index >= 15 is 0 Å². The Hall–Kier alpha value is -3.41. The second-order valence-corrected chi connectivity index (χ2v) is 8.28. The number of nitrogens with zero attached hydrogens (tertiary/aromatic N) is 2. The number of aromatic nitrogens is 1. The fourth-order valence-corrected chi connectivity index (χ4v) is 4.32. The lowest BCUT2D eigenvalue weighted by atomic mass is 10.1. The molecule has 0 saturated carbocycles. The number of carbonyl (C=O) groups excluding carboxylic acids is 1. The highest BCUT2D eigenvalue weighted by Crippen LogP contribution is 2.33. The average molecular weight is 443 g/mol. The number of hydrogen-bond donors (Lipinski definition) is 0. The number of pyridine rings is 1. The molecular weight excluding hydrogens is 428 g/mol. The molecule has 4 nitrogen and oxygen atoms in total. The van der Waals surface area contributed by atoms with Gasteiger partial charge in [-0.25, -0.2) is 14.8 Å². The van der Waals surface area contributed by atoms with E-state index in [-0.39, 0.29) is 11.6 Å². The van der Waals surface area contributed by atoms with Gasteiger partial charge in [-0.1, -0.05) is 71.9 Å². The minimum Gasteiger partial charge on any atom is -0.402 e. The zero-order chi connectivity index (χ0) is 21.2. The van der Waals surface area contributed by atoms with Gasteiger partial charge in [-0.05, 0) is 42.5 Å². The van der Waals surface area contributed by atoms with Crippen LogP contribution in [0, 0.1) is 0 Å². The van der Waals surface area contributed by atoms with Crippen molar-refractivity contribution in [1.29, 1.82) is 0 Å². The van der Waals surface area contributed by atoms with Gasteiger partial charge >= 0.3 is 5.97 Å². The Bertz CT molecular complexity index is 1370. The standard InChI is InChI=1S/C25H15ClN2O2S/c26-20-12-6-5-11-19(20)23-27-22(25(29)30-23)15-17-14-16-8-4-7-13-21(16)28-24(17)31-18-9-2-1-3-10-18/h1-15H. The molecule has 31 heavy (non-hydrogen) atoms. The molecule has 1 aliphatic heterocycles. The first-order valence-electron chi connectivity index (χ1n) is 9.57. The van der Waals surface area contributed by atoms with Crippen LogP contribution in [0.5, 0.6) is 0 Å². The van der Waals surface area contributed by atoms with Gasteiger partial charge < -0.3 is 4.74 Å². The maximum absolute atomic E-state index is 12.5. The van der Waals surface area contributed by atoms with Crippen molar-refractivity contribution < 1.29 is 9.53 Å². The Morgan fingerprint density at radius 1 is 0.903 bits per heavy atom. The highest BCUT2D eigenvalue weighted by molar-refractivity contribution is 7.99. The third-order valence-corrected chi connectivity index (χ3v) is 6.05. The van der Waals surface area contributed by atoms with Gasteiger partial charge in [0.15, 0.2) is 5.70 Å². The molecule has 0 amide bonds. The van der Waals surface area contributed by atoms with Crippen LogP contribution in [0.15, 0.2) is 106 Å². The van der Waals surface area contributed by atoms with Crippen LogP contribution < -0.4 is 0 Å². The molecule has 0 unspecified atom stereocenters. The number of carbonyl (C=O) groups is 1. The fraction of sp³-hybridized carbons (Fsp3) is 0. The van der Waals surface area contributed by atoms with Crippen LogP contribution in [0.4, 0.5) is 0 Å². The van der Waals surface area contributed by atoms with Crippen LogP contribution in [0.25, 0.3) is 17.0 Å². The molecular formula is C25H15ClN2O2S. The molecule has 3 aromatic carbocycles. The third-order valence-electron chi connectivity index (χ3n) is 4.69. The molecule has 0 atom stereocenters. The number of rotatable bonds is 4. The molecule has 4 aromatic rings. The van der Waals surface area contributed by atoms with Crippen LogP contribution >= 0.6 is 23.4 Å². The summed E-state index contributed by atoms with van der Waals surface area (Å²) in [6.45, 7) is 0. The van der Waals surface area contributed by atoms with Gasteiger partial charge in [0.25, 0.3) is 0 Å². The lowest BCUT2D eigenvalue weighted by Gasteiger charge is -2.08. The Kier molecular flexibility index (Phi) is 5.28. The first-order chi connectivity index (χ1) is 15.2. The molecule has 0 spiro atoms. The normalized spacial score (nSPS) is 14.7. The lowest BCUT2D eigenvalue weighted by molar-refractivity contribution is -0.129. The summed E-state index contributed by atoms with van der Waals surface area (Å²) in [4.78, 5) is 22.8. The van der Waals surface area contributed by atoms with Crippen molar-refractivity contribution in [2.24, 2.45) is 4.99 Å². The summed E-state index contributed by atoms with van der Waals surface area (Å²) < 4.78 is 5.39. The quantitative estimate of drug-likeness (QED) is 0.271. The van der Waals surface area contributed by atoms with E-state index in [2.05, 4.69) is 4.99 Å². The van der Waals surface area contributed by atoms with Crippen LogP contribution in [-0.4, -0.2) is 16.9 Å². The number of benzene rings is 3. The maximum atomic E-state index is 12.5. The summed E-state index contributed by atoms with van der Waals surface area (Å²) in [7, 11) is 0. The first kappa shape index (κ1) is 19.5. The van der Waals surface area contributed by atoms with Crippen molar-refractivity contribution in [1.82, 2.24) is 4.98 Å². The van der Waals surface area contributed by atoms with Gasteiger partial charge in [0.2, 0.25) is 5.90 Å². The molecule has 6 heteroatoms. The summed E-state index contributed by atoms with van der Waals surface area (Å²) in [5.41, 5.74) is 2.47. The minimum absolute atomic E-state index is 0.202. The van der Waals surface area contributed by atoms with Crippen LogP contribution in [0.1, 0.15) is 11.1 Å². The van der Waals surface area contributed by atoms with E-state index in [1.165, 1.54) is 11.8 Å². The number of fused-ring (bicyclic) bond motifs is 1. The van der Waals surface area contributed by atoms with E-state index in [1.54, 1.807) is 18.2 Å². The van der Waals surface area contributed by atoms with Gasteiger partial charge in [0.05, 0.1) is 16.1 Å². The van der Waals surface area contributed by atoms with Gasteiger partial charge in [-0.3, -0.25) is 0 Å². The predicted molar refractivity (Wildman–Crippen MR) is 124 cm³/mol. The van der Waals surface area contributed by atoms with Crippen LogP contribution in [0.3, 0.4) is 0 Å². The first-order valence-corrected chi connectivity index (χ1v) is 10.8. The molecule has 0 radical (unpaired) electrons. The van der Waals surface area contributed by atoms with Gasteiger partial charge in [-0.15, -0.1) is 0 Å². The van der Waals surface area contributed by atoms with E-state index in [0.29, 0.717) is 10.6 Å². The van der Waals surface area contributed by atoms with Crippen molar-refractivity contribution in [2.45, 2.75) is 9.92 Å². The second kappa shape index (κ2) is 8.38. The average Bonchev–Trinajstić information content (AvgIpc) is 3.15. The molecule has 0 bridgehead atoms. The third kappa shape index (κ3) is 4.10. The Morgan fingerprint density at radius 2 is 1.65 bits per heavy atom. The molecule has 0 aliphatic carbocycles. The zero-order valence-corrected chi connectivity index (χ0v) is 17.7. The van der Waals surface area contributed by atoms with Gasteiger partial charge in [-0.2, -0.15) is 0 Å². The van der Waals surface area contributed by atoms with Gasteiger partial charge in [0.1, 0.15) is 5.03 Å². The Morgan fingerprint density at radius 3 is 2.48 bits per heavy atom. The van der Waals surface area contributed by atoms with E-state index in [4.69, 9.17) is 21.3 Å². The number of hydrogen-bond acceptors (Lipinski definition) is 5. The van der Waals surface area contributed by atoms with Crippen LogP contribution in [-0.2, 0) is 9.53 Å². The SMILES string of the molecule is O=C1OC(c2ccccc2Cl)=NC1=Cc1cc2ccccc2nc1Sc1ccccc1. The summed E-state index contributed by atoms with van der Waals surface area (Å²) in [6, 6.07) is 27.0. The van der Waals surface area contributed by atoms with E-state index < -0.39 is 5.97 Å². The molecule has 0 fully saturated rings. The van der Waals surface area contributed by atoms with Crippen molar-refractivity contribution in [3.05, 3.63) is 107 Å². The highest BCUT2D eigenvalue weighted by atomic mass is 35.5. The summed E-state index contributed by atoms with van der Waals surface area (Å²) >= 11 is 7.77. The Balaban J connectivity index is 1.60. The number of ether oxygens (including phenoxy) is 1. The molecule has 5 rings (SSSR count). The predicted octanol–water partition coefficient (Wildman–Crippen LogP) is 6.38. The Labute approximate surface area is 188 Å². The monoisotopic (exact) mass is 442 g/mol. The van der Waals surface area contributed by atoms with E-state index in [1.807, 2.05) is 72.8 Å². The number of aliphatic imine (C=N–C) groups is 1. The molecule has 150 valence electrons. The molecule has 0 saturated heterocycles. The van der Waals surface area contributed by atoms with Crippen LogP contribution in [0.2, 0.25) is 5.02 Å². The van der Waals surface area contributed by atoms with Crippen molar-refractivity contribution in [3.63, 3.8) is 0 Å². The second-order valence-electron chi connectivity index (χ2n) is 6.81. The summed E-state index contributed by atoms with van der Waals surface area (Å²) in [5.74, 6) is -0.313. The molecule has 0 N–H and O–H groups in total. The topological polar surface area (TPSA) is 51.5 Å². The highest BCUT2D eigenvalue weighted by Gasteiger charge is 2.26. The zero-order valence-electron chi connectivity index (χ0n) is 16.2. The number of halogens is 1. The van der Waals surface area contributed by atoms with Crippen molar-refractivity contribution in [3.8, 4) is 0 Å². The summed E-state index contributed by atoms with van der Waals surface area (Å²) in [5, 5.41) is 2.24. The number of cyclic esters (lactones) is 1. The van der Waals surface area contributed by atoms with E-state index in [9.17, 15) is 4.79 Å². The summed E-state index contributed by atoms with van der Waals surface area (Å²) in [6.07, 6.45) is 1.72. The largest absolute Gasteiger partial charge is 0.402 e. The van der Waals surface area contributed by atoms with E-state index in [0.717, 1.165) is 26.4 Å². The lowest BCUT2D eigenvalue weighted by Crippen LogP contribution is -2.05. The number of esters is 1. The minimum atomic E-state index is -0.515. The molecule has 2 heterocycles. The maximum Gasteiger partial charge on any atom is 0.363 e. The fourth-order valence-electron chi connectivity index (χ4n) is 3.21. The number of para-hydroxylation sites is 1. The smallest absolute Gasteiger partial charge is 0.363 e. The molecule has 1 aromatic heterocycles. The van der Waals surface area contributed by atoms with Crippen molar-refractivity contribution >= 4 is 52.2 Å². The van der Waals surface area contributed by atoms with Crippen molar-refractivity contribution in [2.75, 3.05) is 0 Å². The van der Waals surface area contributed by atoms with Gasteiger partial charge in [0, 0.05) is 15.8 Å². The molecule has 1 aliphatic rings.